The summed E-state index contributed by atoms with van der Waals surface area (Å²) in [6.45, 7) is 4.62. The van der Waals surface area contributed by atoms with Crippen LogP contribution in [0.1, 0.15) is 31.2 Å². The Bertz CT molecular complexity index is 1020. The lowest BCUT2D eigenvalue weighted by molar-refractivity contribution is 0.0568. The number of ether oxygens (including phenoxy) is 1. The van der Waals surface area contributed by atoms with Gasteiger partial charge in [-0.15, -0.1) is 0 Å². The number of likely N-dealkylation sites (tertiary alicyclic amines) is 1. The van der Waals surface area contributed by atoms with E-state index in [0.717, 1.165) is 44.3 Å². The van der Waals surface area contributed by atoms with Crippen LogP contribution in [0, 0.1) is 12.7 Å². The number of sulfonamides is 1. The van der Waals surface area contributed by atoms with Crippen LogP contribution in [0.15, 0.2) is 47.4 Å². The van der Waals surface area contributed by atoms with Gasteiger partial charge in [-0.25, -0.2) is 12.8 Å². The minimum absolute atomic E-state index is 0.0138. The topological polar surface area (TPSA) is 49.9 Å². The minimum Gasteiger partial charge on any atom is -0.487 e. The fourth-order valence-electron chi connectivity index (χ4n) is 4.41. The van der Waals surface area contributed by atoms with E-state index in [2.05, 4.69) is 4.90 Å². The SMILES string of the molecule is Cc1ccc(S(=O)(=O)N2CCC(N3CCC(Oc4ccccc4F)CC3)CC2)cc1Cl. The molecule has 0 aromatic heterocycles. The molecular formula is C23H28ClFN2O3S. The molecule has 0 bridgehead atoms. The monoisotopic (exact) mass is 466 g/mol. The van der Waals surface area contributed by atoms with Gasteiger partial charge >= 0.3 is 0 Å². The second kappa shape index (κ2) is 9.45. The van der Waals surface area contributed by atoms with E-state index in [9.17, 15) is 12.8 Å². The zero-order chi connectivity index (χ0) is 22.0. The van der Waals surface area contributed by atoms with E-state index in [0.29, 0.717) is 29.9 Å². The van der Waals surface area contributed by atoms with Crippen molar-refractivity contribution in [3.8, 4) is 5.75 Å². The second-order valence-corrected chi connectivity index (χ2v) is 10.7. The molecule has 31 heavy (non-hydrogen) atoms. The summed E-state index contributed by atoms with van der Waals surface area (Å²) in [4.78, 5) is 2.68. The van der Waals surface area contributed by atoms with Gasteiger partial charge in [0.2, 0.25) is 10.0 Å². The Kier molecular flexibility index (Phi) is 6.86. The summed E-state index contributed by atoms with van der Waals surface area (Å²) in [6.07, 6.45) is 3.30. The molecule has 0 saturated carbocycles. The molecule has 0 atom stereocenters. The molecule has 2 aromatic carbocycles. The van der Waals surface area contributed by atoms with Crippen LogP contribution in [0.3, 0.4) is 0 Å². The maximum Gasteiger partial charge on any atom is 0.243 e. The van der Waals surface area contributed by atoms with Crippen molar-refractivity contribution in [2.45, 2.75) is 49.6 Å². The first-order valence-corrected chi connectivity index (χ1v) is 12.6. The smallest absolute Gasteiger partial charge is 0.243 e. The molecule has 0 spiro atoms. The van der Waals surface area contributed by atoms with Gasteiger partial charge in [0.25, 0.3) is 0 Å². The second-order valence-electron chi connectivity index (χ2n) is 8.33. The first kappa shape index (κ1) is 22.5. The molecule has 0 radical (unpaired) electrons. The first-order chi connectivity index (χ1) is 14.8. The highest BCUT2D eigenvalue weighted by molar-refractivity contribution is 7.89. The van der Waals surface area contributed by atoms with Gasteiger partial charge in [0.15, 0.2) is 11.6 Å². The molecule has 0 unspecified atom stereocenters. The van der Waals surface area contributed by atoms with Gasteiger partial charge in [-0.1, -0.05) is 29.8 Å². The zero-order valence-electron chi connectivity index (χ0n) is 17.6. The summed E-state index contributed by atoms with van der Waals surface area (Å²) < 4.78 is 47.2. The lowest BCUT2D eigenvalue weighted by atomic mass is 10.00. The standard InChI is InChI=1S/C23H28ClFN2O3S/c1-17-6-7-20(16-21(17)24)31(28,29)27-14-8-18(9-15-27)26-12-10-19(11-13-26)30-23-5-3-2-4-22(23)25/h2-7,16,18-19H,8-15H2,1H3. The number of nitrogens with zero attached hydrogens (tertiary/aromatic N) is 2. The highest BCUT2D eigenvalue weighted by Crippen LogP contribution is 2.28. The van der Waals surface area contributed by atoms with Crippen molar-refractivity contribution in [2.75, 3.05) is 26.2 Å². The Hall–Kier alpha value is -1.67. The molecule has 2 aliphatic heterocycles. The molecule has 4 rings (SSSR count). The molecule has 2 aliphatic rings. The van der Waals surface area contributed by atoms with Crippen LogP contribution in [0.25, 0.3) is 0 Å². The van der Waals surface area contributed by atoms with Crippen LogP contribution >= 0.6 is 11.6 Å². The summed E-state index contributed by atoms with van der Waals surface area (Å²) in [5, 5.41) is 0.469. The number of para-hydroxylation sites is 1. The summed E-state index contributed by atoms with van der Waals surface area (Å²) in [5.41, 5.74) is 0.863. The van der Waals surface area contributed by atoms with Crippen molar-refractivity contribution < 1.29 is 17.5 Å². The van der Waals surface area contributed by atoms with E-state index in [1.165, 1.54) is 6.07 Å². The van der Waals surface area contributed by atoms with Crippen molar-refractivity contribution in [1.29, 1.82) is 0 Å². The van der Waals surface area contributed by atoms with Gasteiger partial charge in [0, 0.05) is 37.2 Å². The fourth-order valence-corrected chi connectivity index (χ4v) is 6.15. The van der Waals surface area contributed by atoms with Gasteiger partial charge in [0.05, 0.1) is 4.90 Å². The molecule has 2 saturated heterocycles. The summed E-state index contributed by atoms with van der Waals surface area (Å²) in [6, 6.07) is 11.8. The number of benzene rings is 2. The van der Waals surface area contributed by atoms with Crippen LogP contribution in [0.5, 0.6) is 5.75 Å². The van der Waals surface area contributed by atoms with Gasteiger partial charge in [0.1, 0.15) is 6.10 Å². The summed E-state index contributed by atoms with van der Waals surface area (Å²) in [5.74, 6) is -0.0101. The molecule has 2 fully saturated rings. The number of rotatable bonds is 5. The lowest BCUT2D eigenvalue weighted by Gasteiger charge is -2.41. The first-order valence-electron chi connectivity index (χ1n) is 10.8. The van der Waals surface area contributed by atoms with Crippen molar-refractivity contribution in [2.24, 2.45) is 0 Å². The molecule has 0 amide bonds. The van der Waals surface area contributed by atoms with Gasteiger partial charge in [-0.2, -0.15) is 4.31 Å². The molecule has 5 nitrogen and oxygen atoms in total. The van der Waals surface area contributed by atoms with Gasteiger partial charge in [-0.05, 0) is 62.4 Å². The van der Waals surface area contributed by atoms with E-state index >= 15 is 0 Å². The Morgan fingerprint density at radius 2 is 1.68 bits per heavy atom. The molecule has 2 aromatic rings. The highest BCUT2D eigenvalue weighted by Gasteiger charge is 2.33. The van der Waals surface area contributed by atoms with Crippen LogP contribution < -0.4 is 4.74 Å². The van der Waals surface area contributed by atoms with E-state index in [1.807, 2.05) is 6.92 Å². The van der Waals surface area contributed by atoms with Crippen molar-refractivity contribution in [3.63, 3.8) is 0 Å². The van der Waals surface area contributed by atoms with Gasteiger partial charge in [-0.3, -0.25) is 0 Å². The average Bonchev–Trinajstić information content (AvgIpc) is 2.78. The molecule has 0 N–H and O–H groups in total. The van der Waals surface area contributed by atoms with Crippen LogP contribution in [0.2, 0.25) is 5.02 Å². The number of aryl methyl sites for hydroxylation is 1. The molecular weight excluding hydrogens is 439 g/mol. The third kappa shape index (κ3) is 5.06. The predicted octanol–water partition coefficient (Wildman–Crippen LogP) is 4.48. The van der Waals surface area contributed by atoms with Gasteiger partial charge < -0.3 is 9.64 Å². The Morgan fingerprint density at radius 1 is 1.00 bits per heavy atom. The number of halogens is 2. The Labute approximate surface area is 188 Å². The largest absolute Gasteiger partial charge is 0.487 e. The number of hydrogen-bond acceptors (Lipinski definition) is 4. The van der Waals surface area contributed by atoms with E-state index in [-0.39, 0.29) is 16.8 Å². The van der Waals surface area contributed by atoms with Crippen LogP contribution in [-0.4, -0.2) is 55.9 Å². The minimum atomic E-state index is -3.53. The Balaban J connectivity index is 1.29. The molecule has 168 valence electrons. The number of piperidine rings is 2. The normalized spacial score (nSPS) is 20.1. The molecule has 8 heteroatoms. The predicted molar refractivity (Wildman–Crippen MR) is 120 cm³/mol. The van der Waals surface area contributed by atoms with Crippen LogP contribution in [-0.2, 0) is 10.0 Å². The molecule has 0 aliphatic carbocycles. The maximum atomic E-state index is 13.8. The average molecular weight is 467 g/mol. The zero-order valence-corrected chi connectivity index (χ0v) is 19.2. The van der Waals surface area contributed by atoms with E-state index < -0.39 is 10.0 Å². The quantitative estimate of drug-likeness (QED) is 0.651. The Morgan fingerprint density at radius 3 is 2.32 bits per heavy atom. The lowest BCUT2D eigenvalue weighted by Crippen LogP contribution is -2.50. The number of hydrogen-bond donors (Lipinski definition) is 0. The van der Waals surface area contributed by atoms with Crippen LogP contribution in [0.4, 0.5) is 4.39 Å². The van der Waals surface area contributed by atoms with Crippen molar-refractivity contribution in [1.82, 2.24) is 9.21 Å². The van der Waals surface area contributed by atoms with E-state index in [4.69, 9.17) is 16.3 Å². The fraction of sp³-hybridized carbons (Fsp3) is 0.478. The van der Waals surface area contributed by atoms with Crippen molar-refractivity contribution in [3.05, 3.63) is 58.9 Å². The van der Waals surface area contributed by atoms with Crippen molar-refractivity contribution >= 4 is 21.6 Å². The summed E-state index contributed by atoms with van der Waals surface area (Å²) in [7, 11) is -3.53. The third-order valence-electron chi connectivity index (χ3n) is 6.33. The summed E-state index contributed by atoms with van der Waals surface area (Å²) >= 11 is 6.13. The highest BCUT2D eigenvalue weighted by atomic mass is 35.5. The third-order valence-corrected chi connectivity index (χ3v) is 8.63. The van der Waals surface area contributed by atoms with E-state index in [1.54, 1.807) is 40.7 Å². The molecule has 2 heterocycles. The maximum absolute atomic E-state index is 13.8.